The van der Waals surface area contributed by atoms with Gasteiger partial charge in [-0.05, 0) is 30.2 Å². The zero-order chi connectivity index (χ0) is 17.8. The first-order chi connectivity index (χ1) is 11.3. The molecule has 1 atom stereocenters. The van der Waals surface area contributed by atoms with E-state index >= 15 is 0 Å². The second-order valence-corrected chi connectivity index (χ2v) is 6.78. The van der Waals surface area contributed by atoms with Crippen LogP contribution < -0.4 is 0 Å². The standard InChI is InChI=1S/C20H23ClO3/c1-4-24-18(22)14-20(23,15-9-6-5-7-10-15)19(2,3)16-11-8-12-17(21)13-16/h5-13,23H,4,14H2,1-3H3. The lowest BCUT2D eigenvalue weighted by molar-refractivity contribution is -0.152. The van der Waals surface area contributed by atoms with Crippen molar-refractivity contribution < 1.29 is 14.6 Å². The number of rotatable bonds is 6. The molecule has 0 aromatic heterocycles. The molecule has 0 aliphatic heterocycles. The van der Waals surface area contributed by atoms with E-state index in [4.69, 9.17) is 16.3 Å². The normalized spacial score (nSPS) is 14.0. The fourth-order valence-corrected chi connectivity index (χ4v) is 3.12. The van der Waals surface area contributed by atoms with Crippen LogP contribution in [0, 0.1) is 0 Å². The van der Waals surface area contributed by atoms with Crippen LogP contribution in [-0.2, 0) is 20.5 Å². The summed E-state index contributed by atoms with van der Waals surface area (Å²) >= 11 is 6.13. The van der Waals surface area contributed by atoms with E-state index in [1.54, 1.807) is 13.0 Å². The molecule has 2 aromatic rings. The molecule has 0 saturated carbocycles. The Balaban J connectivity index is 2.54. The minimum atomic E-state index is -1.43. The molecule has 0 bridgehead atoms. The van der Waals surface area contributed by atoms with Gasteiger partial charge in [0.05, 0.1) is 13.0 Å². The smallest absolute Gasteiger partial charge is 0.309 e. The first-order valence-corrected chi connectivity index (χ1v) is 8.38. The summed E-state index contributed by atoms with van der Waals surface area (Å²) in [5.41, 5.74) is -0.661. The van der Waals surface area contributed by atoms with Crippen LogP contribution in [0.1, 0.15) is 38.3 Å². The van der Waals surface area contributed by atoms with Crippen LogP contribution in [0.25, 0.3) is 0 Å². The Morgan fingerprint density at radius 1 is 1.08 bits per heavy atom. The van der Waals surface area contributed by atoms with Crippen LogP contribution in [0.5, 0.6) is 0 Å². The summed E-state index contributed by atoms with van der Waals surface area (Å²) in [7, 11) is 0. The maximum Gasteiger partial charge on any atom is 0.309 e. The van der Waals surface area contributed by atoms with Gasteiger partial charge in [-0.1, -0.05) is 67.9 Å². The van der Waals surface area contributed by atoms with Crippen LogP contribution >= 0.6 is 11.6 Å². The highest BCUT2D eigenvalue weighted by Crippen LogP contribution is 2.45. The summed E-state index contributed by atoms with van der Waals surface area (Å²) in [6.07, 6.45) is -0.135. The molecule has 0 radical (unpaired) electrons. The van der Waals surface area contributed by atoms with Crippen molar-refractivity contribution in [3.05, 3.63) is 70.7 Å². The molecule has 0 fully saturated rings. The Hall–Kier alpha value is -1.84. The zero-order valence-electron chi connectivity index (χ0n) is 14.3. The summed E-state index contributed by atoms with van der Waals surface area (Å²) in [5.74, 6) is -0.432. The fourth-order valence-electron chi connectivity index (χ4n) is 2.93. The Morgan fingerprint density at radius 3 is 2.29 bits per heavy atom. The zero-order valence-corrected chi connectivity index (χ0v) is 15.0. The van der Waals surface area contributed by atoms with Crippen molar-refractivity contribution in [3.63, 3.8) is 0 Å². The molecular formula is C20H23ClO3. The first-order valence-electron chi connectivity index (χ1n) is 8.01. The topological polar surface area (TPSA) is 46.5 Å². The number of ether oxygens (including phenoxy) is 1. The summed E-state index contributed by atoms with van der Waals surface area (Å²) < 4.78 is 5.09. The molecule has 1 N–H and O–H groups in total. The van der Waals surface area contributed by atoms with Gasteiger partial charge < -0.3 is 9.84 Å². The molecule has 0 heterocycles. The van der Waals surface area contributed by atoms with Gasteiger partial charge in [-0.3, -0.25) is 4.79 Å². The molecule has 2 aromatic carbocycles. The number of hydrogen-bond acceptors (Lipinski definition) is 3. The monoisotopic (exact) mass is 346 g/mol. The quantitative estimate of drug-likeness (QED) is 0.785. The largest absolute Gasteiger partial charge is 0.466 e. The molecule has 0 amide bonds. The molecule has 1 unspecified atom stereocenters. The summed E-state index contributed by atoms with van der Waals surface area (Å²) in [4.78, 5) is 12.2. The maximum atomic E-state index is 12.2. The van der Waals surface area contributed by atoms with Gasteiger partial charge in [0.1, 0.15) is 5.60 Å². The van der Waals surface area contributed by atoms with E-state index in [1.165, 1.54) is 0 Å². The predicted octanol–water partition coefficient (Wildman–Crippen LogP) is 4.46. The minimum Gasteiger partial charge on any atom is -0.466 e. The minimum absolute atomic E-state index is 0.135. The van der Waals surface area contributed by atoms with Gasteiger partial charge in [-0.2, -0.15) is 0 Å². The number of carbonyl (C=O) groups is 1. The van der Waals surface area contributed by atoms with Gasteiger partial charge in [0.25, 0.3) is 0 Å². The lowest BCUT2D eigenvalue weighted by atomic mass is 9.65. The van der Waals surface area contributed by atoms with Crippen LogP contribution in [0.3, 0.4) is 0 Å². The summed E-state index contributed by atoms with van der Waals surface area (Å²) in [5, 5.41) is 12.2. The number of aliphatic hydroxyl groups is 1. The van der Waals surface area contributed by atoms with E-state index in [2.05, 4.69) is 0 Å². The number of hydrogen-bond donors (Lipinski definition) is 1. The van der Waals surface area contributed by atoms with Gasteiger partial charge in [0, 0.05) is 10.4 Å². The third-order valence-corrected chi connectivity index (χ3v) is 4.77. The number of carbonyl (C=O) groups excluding carboxylic acids is 1. The number of benzene rings is 2. The van der Waals surface area contributed by atoms with E-state index in [1.807, 2.05) is 62.4 Å². The van der Waals surface area contributed by atoms with Gasteiger partial charge in [-0.25, -0.2) is 0 Å². The second-order valence-electron chi connectivity index (χ2n) is 6.34. The van der Waals surface area contributed by atoms with Gasteiger partial charge in [0.2, 0.25) is 0 Å². The molecule has 24 heavy (non-hydrogen) atoms. The van der Waals surface area contributed by atoms with E-state index in [-0.39, 0.29) is 13.0 Å². The highest BCUT2D eigenvalue weighted by atomic mass is 35.5. The summed E-state index contributed by atoms with van der Waals surface area (Å²) in [6.45, 7) is 5.85. The van der Waals surface area contributed by atoms with Gasteiger partial charge in [0.15, 0.2) is 0 Å². The average Bonchev–Trinajstić information content (AvgIpc) is 2.55. The lowest BCUT2D eigenvalue weighted by Crippen LogP contribution is -2.47. The number of halogens is 1. The van der Waals surface area contributed by atoms with Crippen molar-refractivity contribution in [2.45, 2.75) is 38.2 Å². The van der Waals surface area contributed by atoms with Crippen LogP contribution in [-0.4, -0.2) is 17.7 Å². The molecule has 4 heteroatoms. The van der Waals surface area contributed by atoms with E-state index in [9.17, 15) is 9.90 Å². The van der Waals surface area contributed by atoms with Crippen LogP contribution in [0.15, 0.2) is 54.6 Å². The van der Waals surface area contributed by atoms with Gasteiger partial charge in [-0.15, -0.1) is 0 Å². The molecule has 0 aliphatic rings. The Bertz CT molecular complexity index is 697. The highest BCUT2D eigenvalue weighted by Gasteiger charge is 2.47. The van der Waals surface area contributed by atoms with Gasteiger partial charge >= 0.3 is 5.97 Å². The molecule has 128 valence electrons. The van der Waals surface area contributed by atoms with Crippen molar-refractivity contribution in [3.8, 4) is 0 Å². The van der Waals surface area contributed by atoms with Crippen molar-refractivity contribution >= 4 is 17.6 Å². The highest BCUT2D eigenvalue weighted by molar-refractivity contribution is 6.30. The lowest BCUT2D eigenvalue weighted by Gasteiger charge is -2.43. The number of esters is 1. The third-order valence-electron chi connectivity index (χ3n) is 4.54. The molecular weight excluding hydrogens is 324 g/mol. The maximum absolute atomic E-state index is 12.2. The molecule has 0 aliphatic carbocycles. The SMILES string of the molecule is CCOC(=O)CC(O)(c1ccccc1)C(C)(C)c1cccc(Cl)c1. The molecule has 3 nitrogen and oxygen atoms in total. The van der Waals surface area contributed by atoms with E-state index in [0.717, 1.165) is 5.56 Å². The Labute approximate surface area is 148 Å². The molecule has 0 saturated heterocycles. The Kier molecular flexibility index (Phi) is 5.68. The third kappa shape index (κ3) is 3.63. The van der Waals surface area contributed by atoms with Crippen LogP contribution in [0.2, 0.25) is 5.02 Å². The van der Waals surface area contributed by atoms with Crippen molar-refractivity contribution in [2.75, 3.05) is 6.61 Å². The van der Waals surface area contributed by atoms with Crippen molar-refractivity contribution in [1.82, 2.24) is 0 Å². The first kappa shape index (κ1) is 18.5. The predicted molar refractivity (Wildman–Crippen MR) is 96.1 cm³/mol. The summed E-state index contributed by atoms with van der Waals surface area (Å²) in [6, 6.07) is 16.6. The Morgan fingerprint density at radius 2 is 1.71 bits per heavy atom. The van der Waals surface area contributed by atoms with Crippen molar-refractivity contribution in [2.24, 2.45) is 0 Å². The van der Waals surface area contributed by atoms with E-state index in [0.29, 0.717) is 10.6 Å². The molecule has 0 spiro atoms. The van der Waals surface area contributed by atoms with Crippen molar-refractivity contribution in [1.29, 1.82) is 0 Å². The van der Waals surface area contributed by atoms with Crippen LogP contribution in [0.4, 0.5) is 0 Å². The van der Waals surface area contributed by atoms with E-state index < -0.39 is 17.0 Å². The molecule has 2 rings (SSSR count). The second kappa shape index (κ2) is 7.37. The average molecular weight is 347 g/mol. The fraction of sp³-hybridized carbons (Fsp3) is 0.350.